The Bertz CT molecular complexity index is 1030. The van der Waals surface area contributed by atoms with Crippen LogP contribution in [0.3, 0.4) is 0 Å². The molecule has 0 spiro atoms. The SMILES string of the molecule is O=C(c1ccccc1-c1ccccc1)N1CCC[C@H](N2CCc3ccccc3C2)C1. The fourth-order valence-corrected chi connectivity index (χ4v) is 4.98. The Morgan fingerprint density at radius 2 is 1.53 bits per heavy atom. The van der Waals surface area contributed by atoms with Gasteiger partial charge in [-0.25, -0.2) is 0 Å². The first-order valence-corrected chi connectivity index (χ1v) is 11.0. The van der Waals surface area contributed by atoms with Gasteiger partial charge in [-0.2, -0.15) is 0 Å². The van der Waals surface area contributed by atoms with Crippen molar-refractivity contribution in [1.82, 2.24) is 9.80 Å². The highest BCUT2D eigenvalue weighted by Crippen LogP contribution is 2.28. The summed E-state index contributed by atoms with van der Waals surface area (Å²) in [4.78, 5) is 18.2. The number of carbonyl (C=O) groups is 1. The second-order valence-electron chi connectivity index (χ2n) is 8.45. The van der Waals surface area contributed by atoms with E-state index in [2.05, 4.69) is 52.3 Å². The second-order valence-corrected chi connectivity index (χ2v) is 8.45. The van der Waals surface area contributed by atoms with E-state index in [4.69, 9.17) is 0 Å². The summed E-state index contributed by atoms with van der Waals surface area (Å²) in [6.07, 6.45) is 3.35. The number of amides is 1. The molecule has 2 aliphatic rings. The van der Waals surface area contributed by atoms with Crippen LogP contribution in [0, 0.1) is 0 Å². The van der Waals surface area contributed by atoms with Gasteiger partial charge in [-0.05, 0) is 47.6 Å². The highest BCUT2D eigenvalue weighted by Gasteiger charge is 2.30. The molecule has 1 fully saturated rings. The van der Waals surface area contributed by atoms with Gasteiger partial charge in [-0.1, -0.05) is 72.8 Å². The maximum atomic E-state index is 13.5. The van der Waals surface area contributed by atoms with E-state index in [1.807, 2.05) is 36.4 Å². The van der Waals surface area contributed by atoms with Gasteiger partial charge in [0, 0.05) is 37.8 Å². The zero-order valence-corrected chi connectivity index (χ0v) is 17.3. The van der Waals surface area contributed by atoms with E-state index >= 15 is 0 Å². The van der Waals surface area contributed by atoms with Crippen molar-refractivity contribution < 1.29 is 4.79 Å². The van der Waals surface area contributed by atoms with E-state index in [1.165, 1.54) is 17.5 Å². The molecule has 152 valence electrons. The van der Waals surface area contributed by atoms with Crippen molar-refractivity contribution in [2.75, 3.05) is 19.6 Å². The molecule has 0 radical (unpaired) electrons. The van der Waals surface area contributed by atoms with Gasteiger partial charge in [0.2, 0.25) is 0 Å². The first-order valence-electron chi connectivity index (χ1n) is 11.0. The minimum atomic E-state index is 0.163. The number of benzene rings is 3. The number of carbonyl (C=O) groups excluding carboxylic acids is 1. The van der Waals surface area contributed by atoms with Gasteiger partial charge in [-0.3, -0.25) is 9.69 Å². The predicted octanol–water partition coefficient (Wildman–Crippen LogP) is 5.02. The zero-order chi connectivity index (χ0) is 20.3. The van der Waals surface area contributed by atoms with E-state index in [-0.39, 0.29) is 5.91 Å². The third-order valence-corrected chi connectivity index (χ3v) is 6.60. The minimum Gasteiger partial charge on any atom is -0.337 e. The molecule has 2 heterocycles. The number of nitrogens with zero attached hydrogens (tertiary/aromatic N) is 2. The number of hydrogen-bond donors (Lipinski definition) is 0. The summed E-state index contributed by atoms with van der Waals surface area (Å²) in [6, 6.07) is 27.5. The molecule has 3 nitrogen and oxygen atoms in total. The number of rotatable bonds is 3. The fourth-order valence-electron chi connectivity index (χ4n) is 4.98. The molecule has 2 aliphatic heterocycles. The van der Waals surface area contributed by atoms with Crippen molar-refractivity contribution in [3.8, 4) is 11.1 Å². The Labute approximate surface area is 178 Å². The molecule has 0 bridgehead atoms. The molecule has 1 saturated heterocycles. The van der Waals surface area contributed by atoms with Gasteiger partial charge >= 0.3 is 0 Å². The van der Waals surface area contributed by atoms with Crippen LogP contribution in [0.1, 0.15) is 34.3 Å². The molecule has 1 atom stereocenters. The van der Waals surface area contributed by atoms with Gasteiger partial charge in [0.05, 0.1) is 0 Å². The van der Waals surface area contributed by atoms with Crippen LogP contribution < -0.4 is 0 Å². The molecule has 0 aliphatic carbocycles. The van der Waals surface area contributed by atoms with Crippen LogP contribution in [0.25, 0.3) is 11.1 Å². The molecule has 0 aromatic heterocycles. The molecule has 0 saturated carbocycles. The number of piperidine rings is 1. The van der Waals surface area contributed by atoms with Crippen LogP contribution in [-0.2, 0) is 13.0 Å². The number of likely N-dealkylation sites (tertiary alicyclic amines) is 1. The lowest BCUT2D eigenvalue weighted by molar-refractivity contribution is 0.0549. The summed E-state index contributed by atoms with van der Waals surface area (Å²) in [5.41, 5.74) is 5.86. The quantitative estimate of drug-likeness (QED) is 0.621. The Balaban J connectivity index is 1.34. The van der Waals surface area contributed by atoms with Crippen LogP contribution in [0.15, 0.2) is 78.9 Å². The third kappa shape index (κ3) is 3.78. The van der Waals surface area contributed by atoms with Crippen molar-refractivity contribution in [3.05, 3.63) is 95.6 Å². The summed E-state index contributed by atoms with van der Waals surface area (Å²) < 4.78 is 0. The van der Waals surface area contributed by atoms with Crippen LogP contribution >= 0.6 is 0 Å². The molecule has 3 aromatic carbocycles. The van der Waals surface area contributed by atoms with E-state index in [1.54, 1.807) is 0 Å². The standard InChI is InChI=1S/C27H28N2O/c30-27(26-15-7-6-14-25(26)22-10-2-1-3-11-22)29-17-8-13-24(20-29)28-18-16-21-9-4-5-12-23(21)19-28/h1-7,9-12,14-15,24H,8,13,16-20H2/t24-/m0/s1. The van der Waals surface area contributed by atoms with Gasteiger partial charge < -0.3 is 4.90 Å². The third-order valence-electron chi connectivity index (χ3n) is 6.60. The molecule has 0 unspecified atom stereocenters. The summed E-state index contributed by atoms with van der Waals surface area (Å²) >= 11 is 0. The summed E-state index contributed by atoms with van der Waals surface area (Å²) in [7, 11) is 0. The van der Waals surface area contributed by atoms with E-state index < -0.39 is 0 Å². The fraction of sp³-hybridized carbons (Fsp3) is 0.296. The van der Waals surface area contributed by atoms with Gasteiger partial charge in [-0.15, -0.1) is 0 Å². The monoisotopic (exact) mass is 396 g/mol. The lowest BCUT2D eigenvalue weighted by atomic mass is 9.95. The lowest BCUT2D eigenvalue weighted by Gasteiger charge is -2.41. The summed E-state index contributed by atoms with van der Waals surface area (Å²) in [5.74, 6) is 0.163. The molecular weight excluding hydrogens is 368 g/mol. The molecule has 1 amide bonds. The second kappa shape index (κ2) is 8.45. The number of fused-ring (bicyclic) bond motifs is 1. The highest BCUT2D eigenvalue weighted by atomic mass is 16.2. The lowest BCUT2D eigenvalue weighted by Crippen LogP contribution is -2.51. The Morgan fingerprint density at radius 1 is 0.800 bits per heavy atom. The molecule has 3 heteroatoms. The molecule has 5 rings (SSSR count). The maximum absolute atomic E-state index is 13.5. The molecule has 30 heavy (non-hydrogen) atoms. The Kier molecular flexibility index (Phi) is 5.37. The molecule has 0 N–H and O–H groups in total. The topological polar surface area (TPSA) is 23.6 Å². The van der Waals surface area contributed by atoms with Crippen molar-refractivity contribution in [2.24, 2.45) is 0 Å². The van der Waals surface area contributed by atoms with Crippen LogP contribution in [0.5, 0.6) is 0 Å². The first-order chi connectivity index (χ1) is 14.8. The van der Waals surface area contributed by atoms with Crippen molar-refractivity contribution in [3.63, 3.8) is 0 Å². The smallest absolute Gasteiger partial charge is 0.254 e. The molecule has 3 aromatic rings. The Hall–Kier alpha value is -2.91. The minimum absolute atomic E-state index is 0.163. The van der Waals surface area contributed by atoms with Gasteiger partial charge in [0.1, 0.15) is 0 Å². The number of hydrogen-bond acceptors (Lipinski definition) is 2. The predicted molar refractivity (Wildman–Crippen MR) is 121 cm³/mol. The maximum Gasteiger partial charge on any atom is 0.254 e. The van der Waals surface area contributed by atoms with Crippen LogP contribution in [-0.4, -0.2) is 41.4 Å². The van der Waals surface area contributed by atoms with Crippen LogP contribution in [0.4, 0.5) is 0 Å². The first kappa shape index (κ1) is 19.1. The van der Waals surface area contributed by atoms with E-state index in [0.29, 0.717) is 6.04 Å². The van der Waals surface area contributed by atoms with Crippen molar-refractivity contribution in [1.29, 1.82) is 0 Å². The highest BCUT2D eigenvalue weighted by molar-refractivity contribution is 6.01. The molecular formula is C27H28N2O. The normalized spacial score (nSPS) is 19.3. The summed E-state index contributed by atoms with van der Waals surface area (Å²) in [5, 5.41) is 0. The van der Waals surface area contributed by atoms with Crippen molar-refractivity contribution in [2.45, 2.75) is 31.8 Å². The van der Waals surface area contributed by atoms with Gasteiger partial charge in [0.25, 0.3) is 5.91 Å². The Morgan fingerprint density at radius 3 is 2.40 bits per heavy atom. The van der Waals surface area contributed by atoms with Gasteiger partial charge in [0.15, 0.2) is 0 Å². The largest absolute Gasteiger partial charge is 0.337 e. The average Bonchev–Trinajstić information content (AvgIpc) is 2.84. The van der Waals surface area contributed by atoms with E-state index in [9.17, 15) is 4.79 Å². The van der Waals surface area contributed by atoms with E-state index in [0.717, 1.165) is 55.7 Å². The summed E-state index contributed by atoms with van der Waals surface area (Å²) in [6.45, 7) is 3.76. The van der Waals surface area contributed by atoms with Crippen molar-refractivity contribution >= 4 is 5.91 Å². The average molecular weight is 397 g/mol. The van der Waals surface area contributed by atoms with Crippen LogP contribution in [0.2, 0.25) is 0 Å². The zero-order valence-electron chi connectivity index (χ0n) is 17.3.